The summed E-state index contributed by atoms with van der Waals surface area (Å²) in [6.45, 7) is 5.62. The van der Waals surface area contributed by atoms with Gasteiger partial charge in [-0.25, -0.2) is 0 Å². The van der Waals surface area contributed by atoms with Crippen molar-refractivity contribution in [3.8, 4) is 0 Å². The average Bonchev–Trinajstić information content (AvgIpc) is 1.89. The second-order valence-electron chi connectivity index (χ2n) is 1.84. The van der Waals surface area contributed by atoms with Gasteiger partial charge in [0.05, 0.1) is 6.61 Å². The third-order valence-corrected chi connectivity index (χ3v) is 1.85. The molecule has 2 heteroatoms. The SMILES string of the molecule is CCOC/C=C(\C)CBr. The zero-order chi connectivity index (χ0) is 7.11. The molecular weight excluding hydrogens is 180 g/mol. The van der Waals surface area contributed by atoms with Crippen molar-refractivity contribution in [3.05, 3.63) is 11.6 Å². The van der Waals surface area contributed by atoms with E-state index in [4.69, 9.17) is 4.74 Å². The van der Waals surface area contributed by atoms with Crippen LogP contribution in [0.3, 0.4) is 0 Å². The maximum absolute atomic E-state index is 5.11. The van der Waals surface area contributed by atoms with E-state index in [9.17, 15) is 0 Å². The first-order chi connectivity index (χ1) is 4.31. The summed E-state index contributed by atoms with van der Waals surface area (Å²) in [5.41, 5.74) is 1.32. The largest absolute Gasteiger partial charge is 0.378 e. The molecule has 0 aromatic rings. The topological polar surface area (TPSA) is 9.23 Å². The van der Waals surface area contributed by atoms with Crippen LogP contribution in [-0.2, 0) is 4.74 Å². The van der Waals surface area contributed by atoms with Crippen LogP contribution < -0.4 is 0 Å². The van der Waals surface area contributed by atoms with Gasteiger partial charge in [0.15, 0.2) is 0 Å². The minimum absolute atomic E-state index is 0.744. The van der Waals surface area contributed by atoms with Crippen LogP contribution in [0.5, 0.6) is 0 Å². The Morgan fingerprint density at radius 2 is 2.33 bits per heavy atom. The lowest BCUT2D eigenvalue weighted by atomic mass is 10.3. The molecule has 0 aliphatic rings. The van der Waals surface area contributed by atoms with Crippen molar-refractivity contribution >= 4 is 15.9 Å². The van der Waals surface area contributed by atoms with E-state index >= 15 is 0 Å². The van der Waals surface area contributed by atoms with E-state index < -0.39 is 0 Å². The Morgan fingerprint density at radius 1 is 1.67 bits per heavy atom. The van der Waals surface area contributed by atoms with Crippen molar-refractivity contribution in [2.45, 2.75) is 13.8 Å². The van der Waals surface area contributed by atoms with Gasteiger partial charge in [-0.1, -0.05) is 27.6 Å². The molecule has 0 unspecified atom stereocenters. The summed E-state index contributed by atoms with van der Waals surface area (Å²) in [6.07, 6.45) is 2.08. The summed E-state index contributed by atoms with van der Waals surface area (Å²) in [4.78, 5) is 0. The van der Waals surface area contributed by atoms with Gasteiger partial charge in [-0.05, 0) is 13.8 Å². The Bertz CT molecular complexity index is 88.9. The van der Waals surface area contributed by atoms with Crippen LogP contribution in [0.15, 0.2) is 11.6 Å². The lowest BCUT2D eigenvalue weighted by Gasteiger charge is -1.95. The van der Waals surface area contributed by atoms with Crippen LogP contribution in [0, 0.1) is 0 Å². The summed E-state index contributed by atoms with van der Waals surface area (Å²) in [5, 5.41) is 0.945. The van der Waals surface area contributed by atoms with Crippen molar-refractivity contribution in [3.63, 3.8) is 0 Å². The molecule has 0 fully saturated rings. The number of hydrogen-bond acceptors (Lipinski definition) is 1. The first-order valence-electron chi connectivity index (χ1n) is 3.10. The van der Waals surface area contributed by atoms with Crippen LogP contribution in [0.2, 0.25) is 0 Å². The van der Waals surface area contributed by atoms with Gasteiger partial charge in [-0.15, -0.1) is 0 Å². The fraction of sp³-hybridized carbons (Fsp3) is 0.714. The van der Waals surface area contributed by atoms with E-state index in [1.807, 2.05) is 6.92 Å². The molecule has 0 bridgehead atoms. The summed E-state index contributed by atoms with van der Waals surface area (Å²) in [7, 11) is 0. The Morgan fingerprint density at radius 3 is 2.78 bits per heavy atom. The lowest BCUT2D eigenvalue weighted by molar-refractivity contribution is 0.177. The number of hydrogen-bond donors (Lipinski definition) is 0. The van der Waals surface area contributed by atoms with Crippen molar-refractivity contribution in [1.82, 2.24) is 0 Å². The molecular formula is C7H13BrO. The third kappa shape index (κ3) is 6.06. The number of halogens is 1. The van der Waals surface area contributed by atoms with Crippen molar-refractivity contribution in [2.75, 3.05) is 18.5 Å². The fourth-order valence-electron chi connectivity index (χ4n) is 0.374. The highest BCUT2D eigenvalue weighted by Gasteiger charge is 1.82. The first kappa shape index (κ1) is 9.18. The van der Waals surface area contributed by atoms with Crippen LogP contribution >= 0.6 is 15.9 Å². The molecule has 0 aromatic carbocycles. The standard InChI is InChI=1S/C7H13BrO/c1-3-9-5-4-7(2)6-8/h4H,3,5-6H2,1-2H3/b7-4+. The van der Waals surface area contributed by atoms with Crippen LogP contribution in [0.4, 0.5) is 0 Å². The highest BCUT2D eigenvalue weighted by atomic mass is 79.9. The number of ether oxygens (including phenoxy) is 1. The van der Waals surface area contributed by atoms with Crippen molar-refractivity contribution in [1.29, 1.82) is 0 Å². The van der Waals surface area contributed by atoms with E-state index in [2.05, 4.69) is 28.9 Å². The molecule has 0 aromatic heterocycles. The molecule has 9 heavy (non-hydrogen) atoms. The molecule has 0 atom stereocenters. The van der Waals surface area contributed by atoms with Gasteiger partial charge in [0.2, 0.25) is 0 Å². The summed E-state index contributed by atoms with van der Waals surface area (Å²) in [5.74, 6) is 0. The normalized spacial score (nSPS) is 12.1. The molecule has 0 spiro atoms. The Kier molecular flexibility index (Phi) is 6.43. The maximum Gasteiger partial charge on any atom is 0.0650 e. The molecule has 0 aliphatic carbocycles. The molecule has 0 saturated heterocycles. The maximum atomic E-state index is 5.11. The number of allylic oxidation sites excluding steroid dienone is 1. The molecule has 0 saturated carbocycles. The van der Waals surface area contributed by atoms with E-state index in [1.54, 1.807) is 0 Å². The molecule has 0 aliphatic heterocycles. The van der Waals surface area contributed by atoms with E-state index in [0.29, 0.717) is 0 Å². The predicted molar refractivity (Wildman–Crippen MR) is 44.0 cm³/mol. The number of alkyl halides is 1. The molecule has 0 radical (unpaired) electrons. The van der Waals surface area contributed by atoms with Crippen molar-refractivity contribution < 1.29 is 4.74 Å². The Hall–Kier alpha value is 0.180. The highest BCUT2D eigenvalue weighted by molar-refractivity contribution is 9.09. The van der Waals surface area contributed by atoms with Crippen LogP contribution in [0.1, 0.15) is 13.8 Å². The van der Waals surface area contributed by atoms with Gasteiger partial charge < -0.3 is 4.74 Å². The van der Waals surface area contributed by atoms with E-state index in [1.165, 1.54) is 5.57 Å². The molecule has 0 rings (SSSR count). The zero-order valence-corrected chi connectivity index (χ0v) is 7.57. The summed E-state index contributed by atoms with van der Waals surface area (Å²) in [6, 6.07) is 0. The molecule has 0 N–H and O–H groups in total. The second-order valence-corrected chi connectivity index (χ2v) is 2.40. The van der Waals surface area contributed by atoms with Gasteiger partial charge in [-0.2, -0.15) is 0 Å². The van der Waals surface area contributed by atoms with Gasteiger partial charge in [0, 0.05) is 11.9 Å². The summed E-state index contributed by atoms with van der Waals surface area (Å²) < 4.78 is 5.11. The molecule has 1 nitrogen and oxygen atoms in total. The van der Waals surface area contributed by atoms with Crippen LogP contribution in [0.25, 0.3) is 0 Å². The average molecular weight is 193 g/mol. The van der Waals surface area contributed by atoms with Gasteiger partial charge >= 0.3 is 0 Å². The predicted octanol–water partition coefficient (Wildman–Crippen LogP) is 2.36. The second kappa shape index (κ2) is 6.30. The Balaban J connectivity index is 3.21. The van der Waals surface area contributed by atoms with E-state index in [-0.39, 0.29) is 0 Å². The smallest absolute Gasteiger partial charge is 0.0650 e. The molecule has 54 valence electrons. The van der Waals surface area contributed by atoms with Gasteiger partial charge in [0.25, 0.3) is 0 Å². The van der Waals surface area contributed by atoms with Crippen molar-refractivity contribution in [2.24, 2.45) is 0 Å². The van der Waals surface area contributed by atoms with Gasteiger partial charge in [0.1, 0.15) is 0 Å². The first-order valence-corrected chi connectivity index (χ1v) is 4.22. The lowest BCUT2D eigenvalue weighted by Crippen LogP contribution is -1.90. The minimum Gasteiger partial charge on any atom is -0.378 e. The van der Waals surface area contributed by atoms with Gasteiger partial charge in [-0.3, -0.25) is 0 Å². The number of rotatable bonds is 4. The Labute approximate surface area is 65.2 Å². The quantitative estimate of drug-likeness (QED) is 0.378. The zero-order valence-electron chi connectivity index (χ0n) is 5.98. The van der Waals surface area contributed by atoms with E-state index in [0.717, 1.165) is 18.5 Å². The minimum atomic E-state index is 0.744. The highest BCUT2D eigenvalue weighted by Crippen LogP contribution is 1.96. The monoisotopic (exact) mass is 192 g/mol. The summed E-state index contributed by atoms with van der Waals surface area (Å²) >= 11 is 3.34. The fourth-order valence-corrected chi connectivity index (χ4v) is 0.603. The molecule has 0 amide bonds. The molecule has 0 heterocycles. The third-order valence-electron chi connectivity index (χ3n) is 0.965. The van der Waals surface area contributed by atoms with Crippen LogP contribution in [-0.4, -0.2) is 18.5 Å².